The minimum Gasteiger partial charge on any atom is -0.379 e. The van der Waals surface area contributed by atoms with Gasteiger partial charge in [0.25, 0.3) is 10.1 Å². The van der Waals surface area contributed by atoms with Crippen LogP contribution in [-0.2, 0) is 19.6 Å². The number of hydrogen-bond donors (Lipinski definition) is 2. The van der Waals surface area contributed by atoms with E-state index in [0.29, 0.717) is 26.3 Å². The molecule has 0 aromatic heterocycles. The Kier molecular flexibility index (Phi) is 4.66. The van der Waals surface area contributed by atoms with Crippen molar-refractivity contribution in [3.63, 3.8) is 0 Å². The quantitative estimate of drug-likeness (QED) is 0.595. The van der Waals surface area contributed by atoms with Gasteiger partial charge >= 0.3 is 0 Å². The van der Waals surface area contributed by atoms with Gasteiger partial charge in [0.15, 0.2) is 0 Å². The van der Waals surface area contributed by atoms with Crippen LogP contribution in [0.1, 0.15) is 12.8 Å². The van der Waals surface area contributed by atoms with Crippen LogP contribution in [0.5, 0.6) is 0 Å². The maximum absolute atomic E-state index is 11.2. The van der Waals surface area contributed by atoms with E-state index in [4.69, 9.17) is 15.0 Å². The monoisotopic (exact) mass is 252 g/mol. The largest absolute Gasteiger partial charge is 0.379 e. The summed E-state index contributed by atoms with van der Waals surface area (Å²) in [6, 6.07) is 0. The predicted molar refractivity (Wildman–Crippen MR) is 56.2 cm³/mol. The summed E-state index contributed by atoms with van der Waals surface area (Å²) < 4.78 is 36.5. The lowest BCUT2D eigenvalue weighted by atomic mass is 10.2. The predicted octanol–water partition coefficient (Wildman–Crippen LogP) is -1.20. The third-order valence-electron chi connectivity index (χ3n) is 2.43. The van der Waals surface area contributed by atoms with Crippen LogP contribution in [-0.4, -0.2) is 55.5 Å². The van der Waals surface area contributed by atoms with E-state index >= 15 is 0 Å². The van der Waals surface area contributed by atoms with Crippen molar-refractivity contribution in [1.82, 2.24) is 4.90 Å². The number of carbonyl (C=O) groups excluding carboxylic acids is 1. The maximum Gasteiger partial charge on any atom is 0.281 e. The summed E-state index contributed by atoms with van der Waals surface area (Å²) in [7, 11) is -4.20. The minimum absolute atomic E-state index is 0.00810. The Morgan fingerprint density at radius 2 is 2.00 bits per heavy atom. The highest BCUT2D eigenvalue weighted by molar-refractivity contribution is 7.86. The first-order valence-electron chi connectivity index (χ1n) is 4.97. The van der Waals surface area contributed by atoms with Gasteiger partial charge in [-0.15, -0.1) is 0 Å². The molecule has 0 bridgehead atoms. The van der Waals surface area contributed by atoms with Gasteiger partial charge in [0.05, 0.1) is 13.2 Å². The van der Waals surface area contributed by atoms with E-state index < -0.39 is 21.4 Å². The molecule has 0 radical (unpaired) electrons. The van der Waals surface area contributed by atoms with Gasteiger partial charge in [0.2, 0.25) is 5.91 Å². The zero-order valence-corrected chi connectivity index (χ0v) is 9.65. The second-order valence-corrected chi connectivity index (χ2v) is 5.20. The topological polar surface area (TPSA) is 110 Å². The highest BCUT2D eigenvalue weighted by atomic mass is 32.2. The van der Waals surface area contributed by atoms with Crippen molar-refractivity contribution < 1.29 is 22.5 Å². The normalized spacial score (nSPS) is 20.6. The summed E-state index contributed by atoms with van der Waals surface area (Å²) in [6.45, 7) is 1.68. The van der Waals surface area contributed by atoms with Crippen molar-refractivity contribution in [3.05, 3.63) is 0 Å². The molecule has 0 aromatic rings. The molecule has 3 N–H and O–H groups in total. The number of rotatable bonds is 5. The molecule has 1 saturated heterocycles. The number of morpholine rings is 1. The van der Waals surface area contributed by atoms with Crippen LogP contribution in [0.4, 0.5) is 0 Å². The number of amides is 1. The molecule has 1 aliphatic rings. The summed E-state index contributed by atoms with van der Waals surface area (Å²) in [5.41, 5.74) is 4.95. The lowest BCUT2D eigenvalue weighted by Gasteiger charge is -2.32. The molecule has 1 amide bonds. The molecule has 1 aliphatic heterocycles. The molecule has 16 heavy (non-hydrogen) atoms. The lowest BCUT2D eigenvalue weighted by molar-refractivity contribution is -0.118. The van der Waals surface area contributed by atoms with Gasteiger partial charge in [0, 0.05) is 19.5 Å². The molecule has 0 aliphatic carbocycles. The average molecular weight is 252 g/mol. The smallest absolute Gasteiger partial charge is 0.281 e. The molecule has 1 heterocycles. The molecule has 0 aromatic carbocycles. The summed E-state index contributed by atoms with van der Waals surface area (Å²) in [4.78, 5) is 12.2. The Morgan fingerprint density at radius 1 is 1.44 bits per heavy atom. The van der Waals surface area contributed by atoms with Crippen molar-refractivity contribution in [2.75, 3.05) is 26.3 Å². The van der Waals surface area contributed by atoms with E-state index in [1.54, 1.807) is 4.90 Å². The van der Waals surface area contributed by atoms with Crippen LogP contribution < -0.4 is 5.73 Å². The summed E-state index contributed by atoms with van der Waals surface area (Å²) in [5.74, 6) is -0.582. The van der Waals surface area contributed by atoms with Gasteiger partial charge < -0.3 is 10.5 Å². The van der Waals surface area contributed by atoms with Crippen molar-refractivity contribution in [3.8, 4) is 0 Å². The number of carbonyl (C=O) groups is 1. The van der Waals surface area contributed by atoms with E-state index in [2.05, 4.69) is 0 Å². The fourth-order valence-electron chi connectivity index (χ4n) is 1.65. The van der Waals surface area contributed by atoms with Crippen LogP contribution in [0.25, 0.3) is 0 Å². The third kappa shape index (κ3) is 4.05. The lowest BCUT2D eigenvalue weighted by Crippen LogP contribution is -2.47. The van der Waals surface area contributed by atoms with Crippen molar-refractivity contribution in [2.24, 2.45) is 5.73 Å². The van der Waals surface area contributed by atoms with Gasteiger partial charge in [-0.25, -0.2) is 0 Å². The molecule has 1 atom stereocenters. The standard InChI is InChI=1S/C8H16N2O5S/c9-7(11)1-2-8(16(12,13)14)10-3-5-15-6-4-10/h8H,1-6H2,(H2,9,11)(H,12,13,14). The van der Waals surface area contributed by atoms with E-state index in [-0.39, 0.29) is 12.8 Å². The molecule has 7 nitrogen and oxygen atoms in total. The Bertz CT molecular complexity index is 336. The van der Waals surface area contributed by atoms with Crippen LogP contribution in [0.3, 0.4) is 0 Å². The van der Waals surface area contributed by atoms with E-state index in [1.165, 1.54) is 0 Å². The highest BCUT2D eigenvalue weighted by Gasteiger charge is 2.31. The van der Waals surface area contributed by atoms with Crippen LogP contribution >= 0.6 is 0 Å². The Morgan fingerprint density at radius 3 is 2.44 bits per heavy atom. The SMILES string of the molecule is NC(=O)CCC(N1CCOCC1)S(=O)(=O)O. The molecule has 1 fully saturated rings. The van der Waals surface area contributed by atoms with Crippen LogP contribution in [0, 0.1) is 0 Å². The number of nitrogens with two attached hydrogens (primary N) is 1. The molecule has 0 saturated carbocycles. The summed E-state index contributed by atoms with van der Waals surface area (Å²) in [5, 5.41) is -1.07. The van der Waals surface area contributed by atoms with E-state index in [9.17, 15) is 13.2 Å². The number of primary amides is 1. The summed E-state index contributed by atoms with van der Waals surface area (Å²) in [6.07, 6.45) is -0.0595. The maximum atomic E-state index is 11.2. The fourth-order valence-corrected chi connectivity index (χ4v) is 2.65. The van der Waals surface area contributed by atoms with Crippen molar-refractivity contribution in [1.29, 1.82) is 0 Å². The molecule has 0 spiro atoms. The van der Waals surface area contributed by atoms with E-state index in [1.807, 2.05) is 0 Å². The van der Waals surface area contributed by atoms with Gasteiger partial charge in [-0.05, 0) is 6.42 Å². The first-order valence-corrected chi connectivity index (χ1v) is 6.48. The molecular formula is C8H16N2O5S. The first-order chi connectivity index (χ1) is 7.41. The Labute approximate surface area is 94.3 Å². The zero-order valence-electron chi connectivity index (χ0n) is 8.83. The van der Waals surface area contributed by atoms with Crippen molar-refractivity contribution in [2.45, 2.75) is 18.2 Å². The van der Waals surface area contributed by atoms with E-state index in [0.717, 1.165) is 0 Å². The molecule has 1 rings (SSSR count). The summed E-state index contributed by atoms with van der Waals surface area (Å²) >= 11 is 0. The molecule has 8 heteroatoms. The fraction of sp³-hybridized carbons (Fsp3) is 0.875. The Hall–Kier alpha value is -0.700. The molecule has 94 valence electrons. The second-order valence-electron chi connectivity index (χ2n) is 3.62. The highest BCUT2D eigenvalue weighted by Crippen LogP contribution is 2.14. The van der Waals surface area contributed by atoms with Gasteiger partial charge in [-0.3, -0.25) is 14.2 Å². The van der Waals surface area contributed by atoms with Gasteiger partial charge in [-0.1, -0.05) is 0 Å². The molecule has 1 unspecified atom stereocenters. The Balaban J connectivity index is 2.66. The number of ether oxygens (including phenoxy) is 1. The molecular weight excluding hydrogens is 236 g/mol. The second kappa shape index (κ2) is 5.58. The van der Waals surface area contributed by atoms with Gasteiger partial charge in [-0.2, -0.15) is 8.42 Å². The van der Waals surface area contributed by atoms with Gasteiger partial charge in [0.1, 0.15) is 5.37 Å². The average Bonchev–Trinajstić information content (AvgIpc) is 2.17. The zero-order chi connectivity index (χ0) is 12.2. The number of hydrogen-bond acceptors (Lipinski definition) is 5. The van der Waals surface area contributed by atoms with Crippen LogP contribution in [0.15, 0.2) is 0 Å². The van der Waals surface area contributed by atoms with Crippen LogP contribution in [0.2, 0.25) is 0 Å². The first kappa shape index (κ1) is 13.4. The van der Waals surface area contributed by atoms with Crippen molar-refractivity contribution >= 4 is 16.0 Å². The third-order valence-corrected chi connectivity index (χ3v) is 3.66. The minimum atomic E-state index is -4.20. The number of nitrogens with zero attached hydrogens (tertiary/aromatic N) is 1.